The average Bonchev–Trinajstić information content (AvgIpc) is 3.10. The first kappa shape index (κ1) is 14.0. The summed E-state index contributed by atoms with van der Waals surface area (Å²) in [6.45, 7) is 6.54. The highest BCUT2D eigenvalue weighted by Gasteiger charge is 2.15. The zero-order chi connectivity index (χ0) is 14.8. The van der Waals surface area contributed by atoms with Crippen LogP contribution in [-0.4, -0.2) is 16.1 Å². The van der Waals surface area contributed by atoms with Crippen molar-refractivity contribution < 1.29 is 9.53 Å². The lowest BCUT2D eigenvalue weighted by Crippen LogP contribution is -2.02. The predicted molar refractivity (Wildman–Crippen MR) is 81.0 cm³/mol. The van der Waals surface area contributed by atoms with Gasteiger partial charge in [-0.05, 0) is 29.5 Å². The number of fused-ring (bicyclic) bond motifs is 1. The lowest BCUT2D eigenvalue weighted by Gasteiger charge is -2.04. The van der Waals surface area contributed by atoms with Crippen LogP contribution < -0.4 is 0 Å². The molecular formula is C17H20N2O2. The molecule has 0 unspecified atom stereocenters. The number of aromatic nitrogens is 2. The van der Waals surface area contributed by atoms with E-state index in [1.807, 2.05) is 16.9 Å². The summed E-state index contributed by atoms with van der Waals surface area (Å²) in [5.41, 5.74) is 4.83. The fourth-order valence-electron chi connectivity index (χ4n) is 2.57. The molecule has 1 aliphatic heterocycles. The van der Waals surface area contributed by atoms with Crippen LogP contribution in [0.4, 0.5) is 0 Å². The van der Waals surface area contributed by atoms with Crippen LogP contribution >= 0.6 is 0 Å². The van der Waals surface area contributed by atoms with Crippen molar-refractivity contribution in [3.05, 3.63) is 41.1 Å². The Kier molecular flexibility index (Phi) is 3.88. The molecule has 0 saturated carbocycles. The number of aldehydes is 1. The lowest BCUT2D eigenvalue weighted by atomic mass is 10.0. The molecule has 1 aromatic carbocycles. The first-order valence-corrected chi connectivity index (χ1v) is 7.40. The summed E-state index contributed by atoms with van der Waals surface area (Å²) in [6.07, 6.45) is 3.78. The van der Waals surface area contributed by atoms with Crippen molar-refractivity contribution in [3.8, 4) is 11.3 Å². The van der Waals surface area contributed by atoms with E-state index in [-0.39, 0.29) is 0 Å². The molecular weight excluding hydrogens is 264 g/mol. The third-order valence-electron chi connectivity index (χ3n) is 3.85. The zero-order valence-electron chi connectivity index (χ0n) is 12.5. The normalized spacial score (nSPS) is 13.7. The summed E-state index contributed by atoms with van der Waals surface area (Å²) in [5, 5.41) is 4.59. The van der Waals surface area contributed by atoms with Crippen LogP contribution in [0.1, 0.15) is 41.8 Å². The van der Waals surface area contributed by atoms with Gasteiger partial charge in [-0.3, -0.25) is 9.48 Å². The van der Waals surface area contributed by atoms with Gasteiger partial charge < -0.3 is 4.74 Å². The fraction of sp³-hybridized carbons (Fsp3) is 0.412. The van der Waals surface area contributed by atoms with E-state index in [0.717, 1.165) is 30.5 Å². The Labute approximate surface area is 124 Å². The second-order valence-corrected chi connectivity index (χ2v) is 5.97. The van der Waals surface area contributed by atoms with Crippen LogP contribution in [0.2, 0.25) is 0 Å². The van der Waals surface area contributed by atoms with E-state index in [9.17, 15) is 4.79 Å². The SMILES string of the molecule is CC(C)CCn1cc(C=O)c(-c2ccc3c(c2)COC3)n1. The molecule has 0 N–H and O–H groups in total. The highest BCUT2D eigenvalue weighted by atomic mass is 16.5. The van der Waals surface area contributed by atoms with Crippen LogP contribution in [0.25, 0.3) is 11.3 Å². The Balaban J connectivity index is 1.92. The minimum atomic E-state index is 0.620. The molecule has 0 amide bonds. The Hall–Kier alpha value is -1.94. The largest absolute Gasteiger partial charge is 0.372 e. The van der Waals surface area contributed by atoms with Gasteiger partial charge in [-0.1, -0.05) is 26.0 Å². The van der Waals surface area contributed by atoms with Crippen LogP contribution in [-0.2, 0) is 24.5 Å². The molecule has 3 rings (SSSR count). The Morgan fingerprint density at radius 2 is 2.14 bits per heavy atom. The summed E-state index contributed by atoms with van der Waals surface area (Å²) < 4.78 is 7.32. The topological polar surface area (TPSA) is 44.1 Å². The quantitative estimate of drug-likeness (QED) is 0.790. The maximum absolute atomic E-state index is 11.3. The third-order valence-corrected chi connectivity index (χ3v) is 3.85. The molecule has 1 aromatic heterocycles. The summed E-state index contributed by atoms with van der Waals surface area (Å²) in [5.74, 6) is 0.620. The molecule has 0 atom stereocenters. The van der Waals surface area contributed by atoms with E-state index < -0.39 is 0 Å². The van der Waals surface area contributed by atoms with E-state index >= 15 is 0 Å². The van der Waals surface area contributed by atoms with Crippen molar-refractivity contribution >= 4 is 6.29 Å². The van der Waals surface area contributed by atoms with Crippen LogP contribution in [0.3, 0.4) is 0 Å². The van der Waals surface area contributed by atoms with E-state index in [2.05, 4.69) is 31.1 Å². The fourth-order valence-corrected chi connectivity index (χ4v) is 2.57. The molecule has 4 heteroatoms. The number of hydrogen-bond donors (Lipinski definition) is 0. The van der Waals surface area contributed by atoms with Gasteiger partial charge in [0.15, 0.2) is 6.29 Å². The molecule has 0 saturated heterocycles. The summed E-state index contributed by atoms with van der Waals surface area (Å²) >= 11 is 0. The van der Waals surface area contributed by atoms with Gasteiger partial charge in [-0.2, -0.15) is 5.10 Å². The van der Waals surface area contributed by atoms with Crippen LogP contribution in [0.5, 0.6) is 0 Å². The van der Waals surface area contributed by atoms with Crippen molar-refractivity contribution in [2.24, 2.45) is 5.92 Å². The maximum atomic E-state index is 11.3. The van der Waals surface area contributed by atoms with E-state index in [1.165, 1.54) is 11.1 Å². The van der Waals surface area contributed by atoms with Crippen molar-refractivity contribution in [1.82, 2.24) is 9.78 Å². The Morgan fingerprint density at radius 1 is 1.33 bits per heavy atom. The van der Waals surface area contributed by atoms with Gasteiger partial charge in [0.2, 0.25) is 0 Å². The predicted octanol–water partition coefficient (Wildman–Crippen LogP) is 3.44. The van der Waals surface area contributed by atoms with Crippen LogP contribution in [0.15, 0.2) is 24.4 Å². The monoisotopic (exact) mass is 284 g/mol. The molecule has 0 radical (unpaired) electrons. The van der Waals surface area contributed by atoms with Gasteiger partial charge in [0, 0.05) is 18.3 Å². The minimum absolute atomic E-state index is 0.620. The molecule has 110 valence electrons. The first-order valence-electron chi connectivity index (χ1n) is 7.40. The highest BCUT2D eigenvalue weighted by molar-refractivity contribution is 5.85. The number of carbonyl (C=O) groups is 1. The minimum Gasteiger partial charge on any atom is -0.372 e. The molecule has 21 heavy (non-hydrogen) atoms. The van der Waals surface area contributed by atoms with E-state index in [1.54, 1.807) is 0 Å². The van der Waals surface area contributed by atoms with Crippen molar-refractivity contribution in [1.29, 1.82) is 0 Å². The van der Waals surface area contributed by atoms with Gasteiger partial charge in [0.25, 0.3) is 0 Å². The highest BCUT2D eigenvalue weighted by Crippen LogP contribution is 2.27. The standard InChI is InChI=1S/C17H20N2O2/c1-12(2)5-6-19-8-16(9-20)17(18-19)13-3-4-14-10-21-11-15(14)7-13/h3-4,7-9,12H,5-6,10-11H2,1-2H3. The first-order chi connectivity index (χ1) is 10.2. The number of benzene rings is 1. The van der Waals surface area contributed by atoms with Gasteiger partial charge in [-0.25, -0.2) is 0 Å². The molecule has 2 heterocycles. The molecule has 0 spiro atoms. The number of ether oxygens (including phenoxy) is 1. The molecule has 0 aliphatic carbocycles. The molecule has 4 nitrogen and oxygen atoms in total. The molecule has 1 aliphatic rings. The Bertz CT molecular complexity index is 659. The lowest BCUT2D eigenvalue weighted by molar-refractivity contribution is 0.112. The van der Waals surface area contributed by atoms with Crippen LogP contribution in [0, 0.1) is 5.92 Å². The smallest absolute Gasteiger partial charge is 0.153 e. The number of rotatable bonds is 5. The second-order valence-electron chi connectivity index (χ2n) is 5.97. The van der Waals surface area contributed by atoms with E-state index in [4.69, 9.17) is 4.74 Å². The number of aryl methyl sites for hydroxylation is 1. The second kappa shape index (κ2) is 5.82. The van der Waals surface area contributed by atoms with Gasteiger partial charge in [0.05, 0.1) is 18.8 Å². The molecule has 0 fully saturated rings. The zero-order valence-corrected chi connectivity index (χ0v) is 12.5. The maximum Gasteiger partial charge on any atom is 0.153 e. The summed E-state index contributed by atoms with van der Waals surface area (Å²) in [4.78, 5) is 11.3. The van der Waals surface area contributed by atoms with Gasteiger partial charge in [-0.15, -0.1) is 0 Å². The van der Waals surface area contributed by atoms with E-state index in [0.29, 0.717) is 24.7 Å². The average molecular weight is 284 g/mol. The van der Waals surface area contributed by atoms with Crippen molar-refractivity contribution in [2.75, 3.05) is 0 Å². The summed E-state index contributed by atoms with van der Waals surface area (Å²) in [6, 6.07) is 6.18. The molecule has 2 aromatic rings. The molecule has 0 bridgehead atoms. The van der Waals surface area contributed by atoms with Crippen molar-refractivity contribution in [2.45, 2.75) is 40.0 Å². The number of carbonyl (C=O) groups excluding carboxylic acids is 1. The van der Waals surface area contributed by atoms with Crippen molar-refractivity contribution in [3.63, 3.8) is 0 Å². The summed E-state index contributed by atoms with van der Waals surface area (Å²) in [7, 11) is 0. The Morgan fingerprint density at radius 3 is 2.90 bits per heavy atom. The van der Waals surface area contributed by atoms with Gasteiger partial charge >= 0.3 is 0 Å². The third kappa shape index (κ3) is 2.90. The number of nitrogens with zero attached hydrogens (tertiary/aromatic N) is 2. The van der Waals surface area contributed by atoms with Gasteiger partial charge in [0.1, 0.15) is 5.69 Å². The number of hydrogen-bond acceptors (Lipinski definition) is 3.